The van der Waals surface area contributed by atoms with Crippen molar-refractivity contribution < 1.29 is 10.0 Å². The molecule has 2 rings (SSSR count). The first kappa shape index (κ1) is 14.8. The Bertz CT molecular complexity index is 626. The van der Waals surface area contributed by atoms with E-state index in [0.717, 1.165) is 11.3 Å². The summed E-state index contributed by atoms with van der Waals surface area (Å²) in [5, 5.41) is 29.8. The first-order valence-corrected chi connectivity index (χ1v) is 6.46. The van der Waals surface area contributed by atoms with Crippen molar-refractivity contribution in [2.45, 2.75) is 13.1 Å². The van der Waals surface area contributed by atoms with Crippen LogP contribution in [0.1, 0.15) is 5.56 Å². The quantitative estimate of drug-likeness (QED) is 0.526. The van der Waals surface area contributed by atoms with Crippen LogP contribution in [0.3, 0.4) is 0 Å². The SMILES string of the molecule is CNc1ccc(CNc2cnn(CCO)c2)cc1[N+](=O)[O-]. The predicted molar refractivity (Wildman–Crippen MR) is 79.3 cm³/mol. The van der Waals surface area contributed by atoms with E-state index in [1.165, 1.54) is 6.07 Å². The maximum absolute atomic E-state index is 11.0. The molecule has 0 aliphatic heterocycles. The molecule has 0 radical (unpaired) electrons. The minimum Gasteiger partial charge on any atom is -0.394 e. The molecule has 8 heteroatoms. The Morgan fingerprint density at radius 1 is 1.48 bits per heavy atom. The third kappa shape index (κ3) is 3.69. The lowest BCUT2D eigenvalue weighted by Gasteiger charge is -2.06. The van der Waals surface area contributed by atoms with Crippen LogP contribution in [0, 0.1) is 10.1 Å². The highest BCUT2D eigenvalue weighted by molar-refractivity contribution is 5.62. The zero-order chi connectivity index (χ0) is 15.2. The second kappa shape index (κ2) is 6.71. The molecule has 0 amide bonds. The topological polar surface area (TPSA) is 105 Å². The van der Waals surface area contributed by atoms with Crippen LogP contribution in [0.2, 0.25) is 0 Å². The highest BCUT2D eigenvalue weighted by Crippen LogP contribution is 2.25. The summed E-state index contributed by atoms with van der Waals surface area (Å²) in [4.78, 5) is 10.6. The van der Waals surface area contributed by atoms with Crippen molar-refractivity contribution in [2.24, 2.45) is 0 Å². The number of rotatable bonds is 7. The molecule has 21 heavy (non-hydrogen) atoms. The molecule has 3 N–H and O–H groups in total. The van der Waals surface area contributed by atoms with Gasteiger partial charge < -0.3 is 15.7 Å². The van der Waals surface area contributed by atoms with Gasteiger partial charge in [0.15, 0.2) is 0 Å². The Labute approximate surface area is 121 Å². The number of hydrogen-bond donors (Lipinski definition) is 3. The molecule has 2 aromatic rings. The van der Waals surface area contributed by atoms with Crippen molar-refractivity contribution in [1.82, 2.24) is 9.78 Å². The summed E-state index contributed by atoms with van der Waals surface area (Å²) in [5.74, 6) is 0. The summed E-state index contributed by atoms with van der Waals surface area (Å²) in [7, 11) is 1.65. The highest BCUT2D eigenvalue weighted by atomic mass is 16.6. The van der Waals surface area contributed by atoms with E-state index in [0.29, 0.717) is 18.8 Å². The van der Waals surface area contributed by atoms with Crippen molar-refractivity contribution >= 4 is 17.1 Å². The first-order valence-electron chi connectivity index (χ1n) is 6.46. The maximum Gasteiger partial charge on any atom is 0.292 e. The minimum absolute atomic E-state index is 0.0266. The molecule has 1 aromatic heterocycles. The zero-order valence-corrected chi connectivity index (χ0v) is 11.6. The molecular weight excluding hydrogens is 274 g/mol. The Kier molecular flexibility index (Phi) is 4.72. The molecule has 1 heterocycles. The lowest BCUT2D eigenvalue weighted by molar-refractivity contribution is -0.384. The van der Waals surface area contributed by atoms with E-state index >= 15 is 0 Å². The van der Waals surface area contributed by atoms with Crippen LogP contribution >= 0.6 is 0 Å². The van der Waals surface area contributed by atoms with Crippen LogP contribution in [-0.4, -0.2) is 33.5 Å². The Morgan fingerprint density at radius 2 is 2.29 bits per heavy atom. The molecule has 0 spiro atoms. The fourth-order valence-corrected chi connectivity index (χ4v) is 1.93. The number of aliphatic hydroxyl groups is 1. The fourth-order valence-electron chi connectivity index (χ4n) is 1.93. The van der Waals surface area contributed by atoms with Crippen molar-refractivity contribution in [3.63, 3.8) is 0 Å². The molecule has 8 nitrogen and oxygen atoms in total. The van der Waals surface area contributed by atoms with Gasteiger partial charge >= 0.3 is 0 Å². The zero-order valence-electron chi connectivity index (χ0n) is 11.6. The minimum atomic E-state index is -0.408. The smallest absolute Gasteiger partial charge is 0.292 e. The number of aromatic nitrogens is 2. The second-order valence-corrected chi connectivity index (χ2v) is 4.43. The molecule has 112 valence electrons. The van der Waals surface area contributed by atoms with Gasteiger partial charge in [-0.25, -0.2) is 0 Å². The summed E-state index contributed by atoms with van der Waals surface area (Å²) in [5.41, 5.74) is 2.13. The number of benzene rings is 1. The van der Waals surface area contributed by atoms with Gasteiger partial charge in [0.1, 0.15) is 5.69 Å². The first-order chi connectivity index (χ1) is 10.1. The van der Waals surface area contributed by atoms with Crippen LogP contribution in [0.25, 0.3) is 0 Å². The van der Waals surface area contributed by atoms with Gasteiger partial charge in [-0.1, -0.05) is 6.07 Å². The van der Waals surface area contributed by atoms with Gasteiger partial charge in [-0.05, 0) is 11.6 Å². The standard InChI is InChI=1S/C13H17N5O3/c1-14-12-3-2-10(6-13(12)18(20)21)7-15-11-8-16-17(9-11)4-5-19/h2-3,6,8-9,14-15,19H,4-5,7H2,1H3. The molecule has 0 saturated carbocycles. The lowest BCUT2D eigenvalue weighted by atomic mass is 10.1. The van der Waals surface area contributed by atoms with E-state index in [1.54, 1.807) is 30.2 Å². The van der Waals surface area contributed by atoms with Crippen LogP contribution in [-0.2, 0) is 13.1 Å². The normalized spacial score (nSPS) is 10.4. The molecule has 0 aliphatic rings. The van der Waals surface area contributed by atoms with E-state index in [1.807, 2.05) is 6.07 Å². The van der Waals surface area contributed by atoms with Crippen LogP contribution in [0.15, 0.2) is 30.6 Å². The summed E-state index contributed by atoms with van der Waals surface area (Å²) >= 11 is 0. The Morgan fingerprint density at radius 3 is 2.95 bits per heavy atom. The van der Waals surface area contributed by atoms with Gasteiger partial charge in [-0.15, -0.1) is 0 Å². The average Bonchev–Trinajstić information content (AvgIpc) is 2.93. The fraction of sp³-hybridized carbons (Fsp3) is 0.308. The van der Waals surface area contributed by atoms with Gasteiger partial charge in [0.25, 0.3) is 5.69 Å². The number of hydrogen-bond acceptors (Lipinski definition) is 6. The molecule has 0 fully saturated rings. The summed E-state index contributed by atoms with van der Waals surface area (Å²) < 4.78 is 1.62. The Balaban J connectivity index is 2.05. The molecule has 0 saturated heterocycles. The maximum atomic E-state index is 11.0. The van der Waals surface area contributed by atoms with E-state index < -0.39 is 4.92 Å². The van der Waals surface area contributed by atoms with Crippen LogP contribution in [0.4, 0.5) is 17.1 Å². The monoisotopic (exact) mass is 291 g/mol. The van der Waals surface area contributed by atoms with Gasteiger partial charge in [0, 0.05) is 25.9 Å². The highest BCUT2D eigenvalue weighted by Gasteiger charge is 2.13. The van der Waals surface area contributed by atoms with Crippen LogP contribution < -0.4 is 10.6 Å². The summed E-state index contributed by atoms with van der Waals surface area (Å²) in [6.45, 7) is 0.915. The number of anilines is 2. The van der Waals surface area contributed by atoms with E-state index in [9.17, 15) is 10.1 Å². The van der Waals surface area contributed by atoms with Gasteiger partial charge in [-0.2, -0.15) is 5.10 Å². The summed E-state index contributed by atoms with van der Waals surface area (Å²) in [6, 6.07) is 5.05. The number of nitrogens with zero attached hydrogens (tertiary/aromatic N) is 3. The van der Waals surface area contributed by atoms with Crippen molar-refractivity contribution in [3.05, 3.63) is 46.3 Å². The van der Waals surface area contributed by atoms with Gasteiger partial charge in [-0.3, -0.25) is 14.8 Å². The van der Waals surface area contributed by atoms with E-state index in [2.05, 4.69) is 15.7 Å². The molecule has 0 unspecified atom stereocenters. The number of nitrogens with one attached hydrogen (secondary N) is 2. The second-order valence-electron chi connectivity index (χ2n) is 4.43. The van der Waals surface area contributed by atoms with Crippen molar-refractivity contribution in [1.29, 1.82) is 0 Å². The third-order valence-electron chi connectivity index (χ3n) is 2.99. The van der Waals surface area contributed by atoms with Crippen molar-refractivity contribution in [3.8, 4) is 0 Å². The molecule has 0 aliphatic carbocycles. The number of nitro benzene ring substituents is 1. The van der Waals surface area contributed by atoms with Crippen LogP contribution in [0.5, 0.6) is 0 Å². The number of aliphatic hydroxyl groups excluding tert-OH is 1. The largest absolute Gasteiger partial charge is 0.394 e. The van der Waals surface area contributed by atoms with E-state index in [-0.39, 0.29) is 12.3 Å². The molecule has 0 bridgehead atoms. The van der Waals surface area contributed by atoms with E-state index in [4.69, 9.17) is 5.11 Å². The Hall–Kier alpha value is -2.61. The predicted octanol–water partition coefficient (Wildman–Crippen LogP) is 1.44. The molecule has 1 aromatic carbocycles. The third-order valence-corrected chi connectivity index (χ3v) is 2.99. The lowest BCUT2D eigenvalue weighted by Crippen LogP contribution is -2.03. The van der Waals surface area contributed by atoms with Gasteiger partial charge in [0.2, 0.25) is 0 Å². The average molecular weight is 291 g/mol. The van der Waals surface area contributed by atoms with Crippen molar-refractivity contribution in [2.75, 3.05) is 24.3 Å². The summed E-state index contributed by atoms with van der Waals surface area (Å²) in [6.07, 6.45) is 3.42. The molecule has 0 atom stereocenters. The van der Waals surface area contributed by atoms with Gasteiger partial charge in [0.05, 0.1) is 30.0 Å². The number of nitro groups is 1. The molecular formula is C13H17N5O3.